The molecule has 2 aromatic rings. The predicted molar refractivity (Wildman–Crippen MR) is 84.9 cm³/mol. The van der Waals surface area contributed by atoms with Gasteiger partial charge in [-0.2, -0.15) is 0 Å². The standard InChI is InChI=1S/C15H15Br2NO/c16-12-7-11(8-13(17)9-12)15(18)14(19)6-10-4-2-1-3-5-10/h1-5,7-9,14-15,19H,6,18H2/t14-,15+/m1/s1. The van der Waals surface area contributed by atoms with Gasteiger partial charge in [-0.1, -0.05) is 62.2 Å². The molecule has 0 aliphatic heterocycles. The summed E-state index contributed by atoms with van der Waals surface area (Å²) in [5.41, 5.74) is 8.12. The van der Waals surface area contributed by atoms with Crippen molar-refractivity contribution in [3.05, 3.63) is 68.6 Å². The molecule has 2 rings (SSSR count). The molecule has 0 aliphatic carbocycles. The summed E-state index contributed by atoms with van der Waals surface area (Å²) < 4.78 is 1.89. The average Bonchev–Trinajstić information content (AvgIpc) is 2.37. The van der Waals surface area contributed by atoms with Gasteiger partial charge >= 0.3 is 0 Å². The topological polar surface area (TPSA) is 46.2 Å². The lowest BCUT2D eigenvalue weighted by Crippen LogP contribution is -2.28. The molecule has 4 heteroatoms. The molecule has 0 aromatic heterocycles. The maximum absolute atomic E-state index is 10.3. The summed E-state index contributed by atoms with van der Waals surface area (Å²) in [6, 6.07) is 15.3. The third-order valence-electron chi connectivity index (χ3n) is 2.97. The lowest BCUT2D eigenvalue weighted by molar-refractivity contribution is 0.145. The van der Waals surface area contributed by atoms with Crippen LogP contribution in [0, 0.1) is 0 Å². The first-order chi connectivity index (χ1) is 9.06. The van der Waals surface area contributed by atoms with Crippen LogP contribution in [0.4, 0.5) is 0 Å². The van der Waals surface area contributed by atoms with Crippen molar-refractivity contribution in [2.75, 3.05) is 0 Å². The van der Waals surface area contributed by atoms with E-state index in [2.05, 4.69) is 31.9 Å². The quantitative estimate of drug-likeness (QED) is 0.841. The number of aliphatic hydroxyl groups is 1. The zero-order valence-corrected chi connectivity index (χ0v) is 13.4. The number of hydrogen-bond acceptors (Lipinski definition) is 2. The zero-order valence-electron chi connectivity index (χ0n) is 10.3. The SMILES string of the molecule is N[C@@H](c1cc(Br)cc(Br)c1)[C@H](O)Cc1ccccc1. The van der Waals surface area contributed by atoms with Crippen LogP contribution in [0.1, 0.15) is 17.2 Å². The summed E-state index contributed by atoms with van der Waals surface area (Å²) in [7, 11) is 0. The lowest BCUT2D eigenvalue weighted by Gasteiger charge is -2.20. The monoisotopic (exact) mass is 383 g/mol. The fourth-order valence-electron chi connectivity index (χ4n) is 1.97. The molecule has 0 saturated heterocycles. The van der Waals surface area contributed by atoms with E-state index in [1.165, 1.54) is 0 Å². The minimum Gasteiger partial charge on any atom is -0.391 e. The molecule has 19 heavy (non-hydrogen) atoms. The largest absolute Gasteiger partial charge is 0.391 e. The summed E-state index contributed by atoms with van der Waals surface area (Å²) >= 11 is 6.86. The number of aliphatic hydroxyl groups excluding tert-OH is 1. The summed E-state index contributed by atoms with van der Waals surface area (Å²) in [6.45, 7) is 0. The van der Waals surface area contributed by atoms with E-state index in [9.17, 15) is 5.11 Å². The molecule has 0 radical (unpaired) electrons. The molecule has 3 N–H and O–H groups in total. The summed E-state index contributed by atoms with van der Waals surface area (Å²) in [5.74, 6) is 0. The molecule has 0 saturated carbocycles. The van der Waals surface area contributed by atoms with Crippen molar-refractivity contribution in [2.45, 2.75) is 18.6 Å². The Hall–Kier alpha value is -0.680. The van der Waals surface area contributed by atoms with Gasteiger partial charge in [-0.3, -0.25) is 0 Å². The number of hydrogen-bond donors (Lipinski definition) is 2. The van der Waals surface area contributed by atoms with Crippen molar-refractivity contribution in [2.24, 2.45) is 5.73 Å². The molecule has 2 atom stereocenters. The van der Waals surface area contributed by atoms with Crippen LogP contribution < -0.4 is 5.73 Å². The van der Waals surface area contributed by atoms with Crippen molar-refractivity contribution < 1.29 is 5.11 Å². The molecule has 0 bridgehead atoms. The second kappa shape index (κ2) is 6.66. The van der Waals surface area contributed by atoms with E-state index in [1.54, 1.807) is 0 Å². The molecule has 0 heterocycles. The highest BCUT2D eigenvalue weighted by Crippen LogP contribution is 2.25. The van der Waals surface area contributed by atoms with E-state index in [4.69, 9.17) is 5.73 Å². The third kappa shape index (κ3) is 4.14. The van der Waals surface area contributed by atoms with Gasteiger partial charge in [-0.25, -0.2) is 0 Å². The van der Waals surface area contributed by atoms with Crippen molar-refractivity contribution in [1.29, 1.82) is 0 Å². The molecule has 0 aliphatic rings. The maximum atomic E-state index is 10.3. The van der Waals surface area contributed by atoms with Gasteiger partial charge in [-0.15, -0.1) is 0 Å². The van der Waals surface area contributed by atoms with Crippen LogP contribution in [-0.2, 0) is 6.42 Å². The van der Waals surface area contributed by atoms with Gasteiger partial charge in [0.1, 0.15) is 0 Å². The molecule has 100 valence electrons. The van der Waals surface area contributed by atoms with Crippen molar-refractivity contribution in [3.63, 3.8) is 0 Å². The van der Waals surface area contributed by atoms with E-state index in [0.29, 0.717) is 6.42 Å². The number of benzene rings is 2. The molecule has 2 nitrogen and oxygen atoms in total. The van der Waals surface area contributed by atoms with Crippen LogP contribution in [0.15, 0.2) is 57.5 Å². The highest BCUT2D eigenvalue weighted by molar-refractivity contribution is 9.11. The van der Waals surface area contributed by atoms with Gasteiger partial charge in [-0.05, 0) is 29.3 Å². The van der Waals surface area contributed by atoms with E-state index < -0.39 is 12.1 Å². The first-order valence-corrected chi connectivity index (χ1v) is 7.58. The molecule has 0 unspecified atom stereocenters. The molecule has 2 aromatic carbocycles. The van der Waals surface area contributed by atoms with Crippen LogP contribution >= 0.6 is 31.9 Å². The first kappa shape index (κ1) is 14.7. The van der Waals surface area contributed by atoms with Gasteiger partial charge < -0.3 is 10.8 Å². The highest BCUT2D eigenvalue weighted by Gasteiger charge is 2.18. The van der Waals surface area contributed by atoms with Crippen molar-refractivity contribution in [3.8, 4) is 0 Å². The Kier molecular flexibility index (Phi) is 5.16. The van der Waals surface area contributed by atoms with Gasteiger partial charge in [0.25, 0.3) is 0 Å². The summed E-state index contributed by atoms with van der Waals surface area (Å²) in [5, 5.41) is 10.3. The molecular formula is C15H15Br2NO. The third-order valence-corrected chi connectivity index (χ3v) is 3.89. The van der Waals surface area contributed by atoms with Gasteiger partial charge in [0, 0.05) is 15.4 Å². The molecule has 0 amide bonds. The van der Waals surface area contributed by atoms with Crippen molar-refractivity contribution >= 4 is 31.9 Å². The van der Waals surface area contributed by atoms with Crippen LogP contribution in [0.3, 0.4) is 0 Å². The fourth-order valence-corrected chi connectivity index (χ4v) is 3.30. The second-order valence-electron chi connectivity index (χ2n) is 4.49. The summed E-state index contributed by atoms with van der Waals surface area (Å²) in [6.07, 6.45) is -0.0600. The normalized spacial score (nSPS) is 14.1. The van der Waals surface area contributed by atoms with Gasteiger partial charge in [0.2, 0.25) is 0 Å². The van der Waals surface area contributed by atoms with E-state index in [0.717, 1.165) is 20.1 Å². The smallest absolute Gasteiger partial charge is 0.0773 e. The van der Waals surface area contributed by atoms with Gasteiger partial charge in [0.05, 0.1) is 12.1 Å². The summed E-state index contributed by atoms with van der Waals surface area (Å²) in [4.78, 5) is 0. The minimum atomic E-state index is -0.608. The lowest BCUT2D eigenvalue weighted by atomic mass is 9.97. The maximum Gasteiger partial charge on any atom is 0.0773 e. The first-order valence-electron chi connectivity index (χ1n) is 6.00. The highest BCUT2D eigenvalue weighted by atomic mass is 79.9. The number of nitrogens with two attached hydrogens (primary N) is 1. The number of halogens is 2. The fraction of sp³-hybridized carbons (Fsp3) is 0.200. The average molecular weight is 385 g/mol. The Balaban J connectivity index is 2.12. The van der Waals surface area contributed by atoms with Crippen LogP contribution in [0.25, 0.3) is 0 Å². The zero-order chi connectivity index (χ0) is 13.8. The van der Waals surface area contributed by atoms with E-state index >= 15 is 0 Å². The van der Waals surface area contributed by atoms with Crippen LogP contribution in [0.2, 0.25) is 0 Å². The van der Waals surface area contributed by atoms with E-state index in [-0.39, 0.29) is 0 Å². The van der Waals surface area contributed by atoms with Crippen LogP contribution in [0.5, 0.6) is 0 Å². The Bertz CT molecular complexity index is 525. The van der Waals surface area contributed by atoms with Gasteiger partial charge in [0.15, 0.2) is 0 Å². The Morgan fingerprint density at radius 3 is 2.16 bits per heavy atom. The minimum absolute atomic E-state index is 0.408. The predicted octanol–water partition coefficient (Wildman–Crippen LogP) is 3.82. The Labute approximate surface area is 129 Å². The molecule has 0 spiro atoms. The van der Waals surface area contributed by atoms with E-state index in [1.807, 2.05) is 48.5 Å². The van der Waals surface area contributed by atoms with Crippen molar-refractivity contribution in [1.82, 2.24) is 0 Å². The molecule has 0 fully saturated rings. The molecular weight excluding hydrogens is 370 g/mol. The van der Waals surface area contributed by atoms with Crippen LogP contribution in [-0.4, -0.2) is 11.2 Å². The number of rotatable bonds is 4. The second-order valence-corrected chi connectivity index (χ2v) is 6.32. The Morgan fingerprint density at radius 1 is 1.00 bits per heavy atom. The Morgan fingerprint density at radius 2 is 1.58 bits per heavy atom.